The molecule has 1 aromatic heterocycles. The normalized spacial score (nSPS) is 17.6. The zero-order valence-corrected chi connectivity index (χ0v) is 17.2. The molecular formula is C24H18F2N2O4. The summed E-state index contributed by atoms with van der Waals surface area (Å²) in [5.41, 5.74) is 1.05. The van der Waals surface area contributed by atoms with Gasteiger partial charge in [-0.1, -0.05) is 6.07 Å². The van der Waals surface area contributed by atoms with Crippen molar-refractivity contribution in [2.24, 2.45) is 0 Å². The van der Waals surface area contributed by atoms with Crippen LogP contribution in [0.2, 0.25) is 0 Å². The number of Topliss-reactive ketones (excluding diaryl/α,β-unsaturated/α-hetero) is 1. The van der Waals surface area contributed by atoms with Crippen LogP contribution in [0.5, 0.6) is 5.75 Å². The van der Waals surface area contributed by atoms with Crippen LogP contribution in [0.25, 0.3) is 5.76 Å². The maximum absolute atomic E-state index is 13.9. The van der Waals surface area contributed by atoms with Crippen LogP contribution in [0.1, 0.15) is 22.9 Å². The van der Waals surface area contributed by atoms with Gasteiger partial charge < -0.3 is 9.84 Å². The van der Waals surface area contributed by atoms with E-state index in [1.807, 2.05) is 0 Å². The van der Waals surface area contributed by atoms with Gasteiger partial charge in [-0.3, -0.25) is 19.5 Å². The number of aromatic nitrogens is 1. The molecule has 1 aliphatic heterocycles. The molecule has 0 saturated carbocycles. The number of rotatable bonds is 4. The molecule has 32 heavy (non-hydrogen) atoms. The predicted molar refractivity (Wildman–Crippen MR) is 113 cm³/mol. The van der Waals surface area contributed by atoms with E-state index in [-0.39, 0.29) is 17.0 Å². The molecule has 1 unspecified atom stereocenters. The van der Waals surface area contributed by atoms with E-state index in [0.29, 0.717) is 16.9 Å². The number of anilines is 1. The average molecular weight is 436 g/mol. The number of hydrogen-bond acceptors (Lipinski definition) is 5. The summed E-state index contributed by atoms with van der Waals surface area (Å²) in [7, 11) is 1.51. The molecule has 0 aliphatic carbocycles. The number of carbonyl (C=O) groups excluding carboxylic acids is 2. The lowest BCUT2D eigenvalue weighted by Gasteiger charge is -2.24. The van der Waals surface area contributed by atoms with Gasteiger partial charge in [0.1, 0.15) is 17.6 Å². The molecule has 1 fully saturated rings. The third-order valence-electron chi connectivity index (χ3n) is 5.26. The number of carbonyl (C=O) groups is 2. The molecular weight excluding hydrogens is 418 g/mol. The van der Waals surface area contributed by atoms with Gasteiger partial charge in [0.2, 0.25) is 0 Å². The number of aliphatic hydroxyl groups is 1. The number of methoxy groups -OCH3 is 1. The number of hydrogen-bond donors (Lipinski definition) is 1. The Morgan fingerprint density at radius 3 is 2.47 bits per heavy atom. The Hall–Kier alpha value is -4.07. The van der Waals surface area contributed by atoms with Gasteiger partial charge in [0.05, 0.1) is 18.4 Å². The summed E-state index contributed by atoms with van der Waals surface area (Å²) in [4.78, 5) is 31.2. The predicted octanol–water partition coefficient (Wildman–Crippen LogP) is 4.30. The minimum absolute atomic E-state index is 0.0355. The van der Waals surface area contributed by atoms with Gasteiger partial charge in [-0.2, -0.15) is 0 Å². The van der Waals surface area contributed by atoms with Crippen molar-refractivity contribution in [1.82, 2.24) is 4.98 Å². The molecule has 6 nitrogen and oxygen atoms in total. The SMILES string of the molecule is COc1ccc(/C(O)=C2\C(=O)C(=O)N(c3ccc(F)c(F)c3)C2c2ccccn2)cc1C. The van der Waals surface area contributed by atoms with Crippen LogP contribution >= 0.6 is 0 Å². The third kappa shape index (κ3) is 3.49. The van der Waals surface area contributed by atoms with Crippen LogP contribution in [0, 0.1) is 18.6 Å². The van der Waals surface area contributed by atoms with Gasteiger partial charge in [0.25, 0.3) is 11.7 Å². The number of nitrogens with zero attached hydrogens (tertiary/aromatic N) is 2. The fraction of sp³-hybridized carbons (Fsp3) is 0.125. The highest BCUT2D eigenvalue weighted by atomic mass is 19.2. The first-order chi connectivity index (χ1) is 15.3. The van der Waals surface area contributed by atoms with E-state index >= 15 is 0 Å². The summed E-state index contributed by atoms with van der Waals surface area (Å²) < 4.78 is 32.7. The molecule has 4 rings (SSSR count). The van der Waals surface area contributed by atoms with Gasteiger partial charge in [0, 0.05) is 23.5 Å². The summed E-state index contributed by atoms with van der Waals surface area (Å²) in [5.74, 6) is -4.03. The van der Waals surface area contributed by atoms with Crippen molar-refractivity contribution in [3.8, 4) is 5.75 Å². The molecule has 2 aromatic carbocycles. The van der Waals surface area contributed by atoms with E-state index < -0.39 is 35.1 Å². The van der Waals surface area contributed by atoms with Crippen LogP contribution in [-0.2, 0) is 9.59 Å². The topological polar surface area (TPSA) is 79.7 Å². The molecule has 0 spiro atoms. The lowest BCUT2D eigenvalue weighted by Crippen LogP contribution is -2.30. The van der Waals surface area contributed by atoms with Gasteiger partial charge in [0.15, 0.2) is 11.6 Å². The summed E-state index contributed by atoms with van der Waals surface area (Å²) in [6, 6.07) is 11.4. The maximum Gasteiger partial charge on any atom is 0.300 e. The number of halogens is 2. The minimum Gasteiger partial charge on any atom is -0.507 e. The van der Waals surface area contributed by atoms with Crippen LogP contribution in [0.4, 0.5) is 14.5 Å². The number of benzene rings is 2. The van der Waals surface area contributed by atoms with Crippen molar-refractivity contribution in [3.05, 3.63) is 94.8 Å². The largest absolute Gasteiger partial charge is 0.507 e. The molecule has 1 amide bonds. The molecule has 3 aromatic rings. The third-order valence-corrected chi connectivity index (χ3v) is 5.26. The molecule has 1 atom stereocenters. The molecule has 0 radical (unpaired) electrons. The average Bonchev–Trinajstić information content (AvgIpc) is 3.06. The first-order valence-corrected chi connectivity index (χ1v) is 9.65. The lowest BCUT2D eigenvalue weighted by atomic mass is 9.97. The van der Waals surface area contributed by atoms with Crippen molar-refractivity contribution in [2.45, 2.75) is 13.0 Å². The Labute approximate surface area is 182 Å². The molecule has 1 aliphatic rings. The van der Waals surface area contributed by atoms with Gasteiger partial charge in [-0.25, -0.2) is 8.78 Å². The Bertz CT molecular complexity index is 1260. The number of aliphatic hydroxyl groups excluding tert-OH is 1. The van der Waals surface area contributed by atoms with Gasteiger partial charge in [-0.15, -0.1) is 0 Å². The summed E-state index contributed by atoms with van der Waals surface area (Å²) in [6.45, 7) is 1.77. The van der Waals surface area contributed by atoms with Gasteiger partial charge >= 0.3 is 0 Å². The highest BCUT2D eigenvalue weighted by molar-refractivity contribution is 6.51. The van der Waals surface area contributed by atoms with Crippen molar-refractivity contribution in [1.29, 1.82) is 0 Å². The summed E-state index contributed by atoms with van der Waals surface area (Å²) in [5, 5.41) is 11.1. The molecule has 1 N–H and O–H groups in total. The van der Waals surface area contributed by atoms with Crippen molar-refractivity contribution in [3.63, 3.8) is 0 Å². The van der Waals surface area contributed by atoms with E-state index in [0.717, 1.165) is 17.0 Å². The molecule has 2 heterocycles. The van der Waals surface area contributed by atoms with Crippen molar-refractivity contribution >= 4 is 23.1 Å². The fourth-order valence-electron chi connectivity index (χ4n) is 3.73. The van der Waals surface area contributed by atoms with Gasteiger partial charge in [-0.05, 0) is 55.0 Å². The first kappa shape index (κ1) is 21.2. The summed E-state index contributed by atoms with van der Waals surface area (Å²) in [6.07, 6.45) is 1.47. The Kier molecular flexibility index (Phi) is 5.44. The van der Waals surface area contributed by atoms with Crippen LogP contribution in [0.3, 0.4) is 0 Å². The fourth-order valence-corrected chi connectivity index (χ4v) is 3.73. The standard InChI is InChI=1S/C24H18F2N2O4/c1-13-11-14(6-9-19(13)32-2)22(29)20-21(18-5-3-4-10-27-18)28(24(31)23(20)30)15-7-8-16(25)17(26)12-15/h3-12,21,29H,1-2H3/b22-20+. The number of aryl methyl sites for hydroxylation is 1. The second kappa shape index (κ2) is 8.22. The second-order valence-corrected chi connectivity index (χ2v) is 7.21. The number of ether oxygens (including phenoxy) is 1. The van der Waals surface area contributed by atoms with E-state index in [1.54, 1.807) is 43.3 Å². The van der Waals surface area contributed by atoms with E-state index in [9.17, 15) is 23.5 Å². The Balaban J connectivity index is 1.94. The number of ketones is 1. The highest BCUT2D eigenvalue weighted by Gasteiger charge is 2.47. The van der Waals surface area contributed by atoms with Crippen LogP contribution in [0.15, 0.2) is 66.4 Å². The Morgan fingerprint density at radius 2 is 1.84 bits per heavy atom. The van der Waals surface area contributed by atoms with E-state index in [4.69, 9.17) is 4.74 Å². The molecule has 1 saturated heterocycles. The lowest BCUT2D eigenvalue weighted by molar-refractivity contribution is -0.132. The smallest absolute Gasteiger partial charge is 0.300 e. The van der Waals surface area contributed by atoms with E-state index in [1.165, 1.54) is 19.4 Å². The molecule has 162 valence electrons. The number of amides is 1. The monoisotopic (exact) mass is 436 g/mol. The number of pyridine rings is 1. The molecule has 8 heteroatoms. The quantitative estimate of drug-likeness (QED) is 0.375. The second-order valence-electron chi connectivity index (χ2n) is 7.21. The van der Waals surface area contributed by atoms with Crippen LogP contribution < -0.4 is 9.64 Å². The van der Waals surface area contributed by atoms with Crippen molar-refractivity contribution in [2.75, 3.05) is 12.0 Å². The van der Waals surface area contributed by atoms with Crippen molar-refractivity contribution < 1.29 is 28.2 Å². The minimum atomic E-state index is -1.17. The zero-order valence-electron chi connectivity index (χ0n) is 17.2. The van der Waals surface area contributed by atoms with E-state index in [2.05, 4.69) is 4.98 Å². The summed E-state index contributed by atoms with van der Waals surface area (Å²) >= 11 is 0. The molecule has 0 bridgehead atoms. The zero-order chi connectivity index (χ0) is 23.0. The Morgan fingerprint density at radius 1 is 1.06 bits per heavy atom. The van der Waals surface area contributed by atoms with Crippen LogP contribution in [-0.4, -0.2) is 28.9 Å². The first-order valence-electron chi connectivity index (χ1n) is 9.65. The maximum atomic E-state index is 13.9. The highest BCUT2D eigenvalue weighted by Crippen LogP contribution is 2.42.